The number of fused-ring (bicyclic) bond motifs is 3. The van der Waals surface area contributed by atoms with Crippen LogP contribution in [0.3, 0.4) is 0 Å². The van der Waals surface area contributed by atoms with Crippen LogP contribution in [0.1, 0.15) is 40.7 Å². The Labute approximate surface area is 190 Å². The third-order valence-electron chi connectivity index (χ3n) is 6.33. The van der Waals surface area contributed by atoms with E-state index in [0.717, 1.165) is 30.3 Å². The van der Waals surface area contributed by atoms with Crippen LogP contribution >= 0.6 is 0 Å². The minimum atomic E-state index is -0.320. The van der Waals surface area contributed by atoms with E-state index in [2.05, 4.69) is 31.0 Å². The van der Waals surface area contributed by atoms with Gasteiger partial charge in [-0.3, -0.25) is 0 Å². The number of rotatable bonds is 7. The van der Waals surface area contributed by atoms with E-state index in [1.807, 2.05) is 43.3 Å². The second kappa shape index (κ2) is 9.25. The zero-order chi connectivity index (χ0) is 22.8. The topological polar surface area (TPSA) is 51.2 Å². The van der Waals surface area contributed by atoms with Gasteiger partial charge < -0.3 is 24.0 Å². The average Bonchev–Trinajstić information content (AvgIpc) is 3.18. The molecule has 2 aromatic carbocycles. The second-order valence-electron chi connectivity index (χ2n) is 8.69. The molecule has 0 spiro atoms. The molecule has 3 atom stereocenters. The quantitative estimate of drug-likeness (QED) is 0.478. The molecule has 2 aliphatic rings. The van der Waals surface area contributed by atoms with Crippen LogP contribution in [0.4, 0.5) is 5.69 Å². The monoisotopic (exact) mass is 436 g/mol. The zero-order valence-electron chi connectivity index (χ0n) is 19.5. The number of nitrogens with zero attached hydrogens (tertiary/aromatic N) is 2. The first-order valence-electron chi connectivity index (χ1n) is 11.1. The standard InChI is InChI=1S/C26H32N2O4/c1-6-28(4)16-18-9-14-22(30-5)25-24(18)21-13-12-20(15-23(21)32-25)31-26(29)17-7-10-19(11-8-17)27(2)3/h7-14,20-21,23H,6,15-16H2,1-5H3. The molecule has 3 unspecified atom stereocenters. The summed E-state index contributed by atoms with van der Waals surface area (Å²) in [6.45, 7) is 3.97. The lowest BCUT2D eigenvalue weighted by Gasteiger charge is -2.26. The summed E-state index contributed by atoms with van der Waals surface area (Å²) in [6.07, 6.45) is 4.34. The third-order valence-corrected chi connectivity index (χ3v) is 6.33. The maximum atomic E-state index is 12.7. The van der Waals surface area contributed by atoms with Gasteiger partial charge >= 0.3 is 5.97 Å². The number of anilines is 1. The average molecular weight is 437 g/mol. The van der Waals surface area contributed by atoms with Gasteiger partial charge in [-0.25, -0.2) is 4.79 Å². The molecule has 0 aromatic heterocycles. The van der Waals surface area contributed by atoms with E-state index in [1.54, 1.807) is 19.2 Å². The second-order valence-corrected chi connectivity index (χ2v) is 8.69. The van der Waals surface area contributed by atoms with Gasteiger partial charge in [-0.1, -0.05) is 19.1 Å². The lowest BCUT2D eigenvalue weighted by molar-refractivity contribution is 0.0281. The molecule has 6 nitrogen and oxygen atoms in total. The molecule has 2 aromatic rings. The number of ether oxygens (including phenoxy) is 3. The summed E-state index contributed by atoms with van der Waals surface area (Å²) in [7, 11) is 7.72. The highest BCUT2D eigenvalue weighted by Gasteiger charge is 2.41. The van der Waals surface area contributed by atoms with E-state index in [-0.39, 0.29) is 24.1 Å². The number of methoxy groups -OCH3 is 1. The molecule has 0 radical (unpaired) electrons. The first-order valence-corrected chi connectivity index (χ1v) is 11.1. The first kappa shape index (κ1) is 22.2. The van der Waals surface area contributed by atoms with E-state index in [0.29, 0.717) is 12.0 Å². The third kappa shape index (κ3) is 4.32. The number of benzene rings is 2. The highest BCUT2D eigenvalue weighted by molar-refractivity contribution is 5.90. The van der Waals surface area contributed by atoms with Crippen molar-refractivity contribution in [1.29, 1.82) is 0 Å². The van der Waals surface area contributed by atoms with Gasteiger partial charge in [0.05, 0.1) is 12.7 Å². The molecule has 1 aliphatic heterocycles. The molecule has 170 valence electrons. The Morgan fingerprint density at radius 2 is 1.84 bits per heavy atom. The lowest BCUT2D eigenvalue weighted by atomic mass is 9.85. The normalized spacial score (nSPS) is 21.0. The van der Waals surface area contributed by atoms with Gasteiger partial charge in [0.1, 0.15) is 12.2 Å². The molecule has 0 amide bonds. The Bertz CT molecular complexity index is 1000. The highest BCUT2D eigenvalue weighted by Crippen LogP contribution is 2.49. The van der Waals surface area contributed by atoms with Gasteiger partial charge in [0, 0.05) is 44.2 Å². The van der Waals surface area contributed by atoms with Crippen molar-refractivity contribution >= 4 is 11.7 Å². The van der Waals surface area contributed by atoms with E-state index in [4.69, 9.17) is 14.2 Å². The summed E-state index contributed by atoms with van der Waals surface area (Å²) in [5, 5.41) is 0. The maximum Gasteiger partial charge on any atom is 0.338 e. The van der Waals surface area contributed by atoms with Crippen molar-refractivity contribution in [2.45, 2.75) is 38.0 Å². The molecule has 0 bridgehead atoms. The van der Waals surface area contributed by atoms with Crippen LogP contribution < -0.4 is 14.4 Å². The van der Waals surface area contributed by atoms with Crippen molar-refractivity contribution in [2.75, 3.05) is 39.7 Å². The van der Waals surface area contributed by atoms with E-state index in [1.165, 1.54) is 11.1 Å². The van der Waals surface area contributed by atoms with Crippen LogP contribution in [-0.4, -0.2) is 57.9 Å². The predicted octanol–water partition coefficient (Wildman–Crippen LogP) is 4.24. The zero-order valence-corrected chi connectivity index (χ0v) is 19.5. The van der Waals surface area contributed by atoms with Crippen molar-refractivity contribution in [1.82, 2.24) is 4.90 Å². The Balaban J connectivity index is 1.51. The minimum absolute atomic E-state index is 0.0779. The summed E-state index contributed by atoms with van der Waals surface area (Å²) >= 11 is 0. The lowest BCUT2D eigenvalue weighted by Crippen LogP contribution is -2.30. The van der Waals surface area contributed by atoms with E-state index < -0.39 is 0 Å². The van der Waals surface area contributed by atoms with Crippen molar-refractivity contribution in [2.24, 2.45) is 0 Å². The van der Waals surface area contributed by atoms with Gasteiger partial charge in [0.25, 0.3) is 0 Å². The fourth-order valence-corrected chi connectivity index (χ4v) is 4.37. The van der Waals surface area contributed by atoms with Crippen molar-refractivity contribution < 1.29 is 19.0 Å². The Morgan fingerprint density at radius 3 is 2.50 bits per heavy atom. The molecule has 32 heavy (non-hydrogen) atoms. The van der Waals surface area contributed by atoms with Crippen LogP contribution in [-0.2, 0) is 11.3 Å². The molecule has 1 heterocycles. The van der Waals surface area contributed by atoms with Crippen molar-refractivity contribution in [3.8, 4) is 11.5 Å². The molecule has 1 aliphatic carbocycles. The summed E-state index contributed by atoms with van der Waals surface area (Å²) in [6, 6.07) is 11.6. The number of hydrogen-bond acceptors (Lipinski definition) is 6. The van der Waals surface area contributed by atoms with Crippen molar-refractivity contribution in [3.05, 3.63) is 65.2 Å². The number of carbonyl (C=O) groups excluding carboxylic acids is 1. The Hall–Kier alpha value is -2.99. The van der Waals surface area contributed by atoms with Gasteiger partial charge in [-0.05, 0) is 55.6 Å². The van der Waals surface area contributed by atoms with E-state index >= 15 is 0 Å². The number of hydrogen-bond donors (Lipinski definition) is 0. The summed E-state index contributed by atoms with van der Waals surface area (Å²) in [5.74, 6) is 1.39. The first-order chi connectivity index (χ1) is 15.4. The number of carbonyl (C=O) groups is 1. The van der Waals surface area contributed by atoms with Gasteiger partial charge in [0.2, 0.25) is 0 Å². The predicted molar refractivity (Wildman–Crippen MR) is 126 cm³/mol. The minimum Gasteiger partial charge on any atom is -0.493 e. The molecular formula is C26H32N2O4. The molecular weight excluding hydrogens is 404 g/mol. The maximum absolute atomic E-state index is 12.7. The van der Waals surface area contributed by atoms with Gasteiger partial charge in [-0.2, -0.15) is 0 Å². The SMILES string of the molecule is CCN(C)Cc1ccc(OC)c2c1C1C=CC(OC(=O)c3ccc(N(C)C)cc3)CC1O2. The van der Waals surface area contributed by atoms with Crippen LogP contribution in [0.25, 0.3) is 0 Å². The van der Waals surface area contributed by atoms with Crippen LogP contribution in [0.5, 0.6) is 11.5 Å². The Kier molecular flexibility index (Phi) is 6.42. The molecule has 6 heteroatoms. The van der Waals surface area contributed by atoms with Crippen LogP contribution in [0.15, 0.2) is 48.6 Å². The smallest absolute Gasteiger partial charge is 0.338 e. The van der Waals surface area contributed by atoms with Crippen LogP contribution in [0, 0.1) is 0 Å². The summed E-state index contributed by atoms with van der Waals surface area (Å²) < 4.78 is 17.7. The molecule has 0 fully saturated rings. The summed E-state index contributed by atoms with van der Waals surface area (Å²) in [5.41, 5.74) is 4.03. The molecule has 0 saturated heterocycles. The Morgan fingerprint density at radius 1 is 1.09 bits per heavy atom. The van der Waals surface area contributed by atoms with Gasteiger partial charge in [0.15, 0.2) is 11.5 Å². The fourth-order valence-electron chi connectivity index (χ4n) is 4.37. The highest BCUT2D eigenvalue weighted by atomic mass is 16.6. The van der Waals surface area contributed by atoms with Crippen LogP contribution in [0.2, 0.25) is 0 Å². The summed E-state index contributed by atoms with van der Waals surface area (Å²) in [4.78, 5) is 16.9. The fraction of sp³-hybridized carbons (Fsp3) is 0.423. The molecule has 0 saturated carbocycles. The molecule has 4 rings (SSSR count). The van der Waals surface area contributed by atoms with Gasteiger partial charge in [-0.15, -0.1) is 0 Å². The van der Waals surface area contributed by atoms with Crippen molar-refractivity contribution in [3.63, 3.8) is 0 Å². The van der Waals surface area contributed by atoms with E-state index in [9.17, 15) is 4.79 Å². The largest absolute Gasteiger partial charge is 0.493 e. The molecule has 0 N–H and O–H groups in total. The number of esters is 1.